The highest BCUT2D eigenvalue weighted by Crippen LogP contribution is 2.17. The molecule has 19 heavy (non-hydrogen) atoms. The standard InChI is InChI=1S/C15H15FN2O/c16-12-7-3-1-5-10(12)9-14-17-13-8-4-2-6-11(13)15(19)18-14/h1,3,5,7H,2,4,6,8-9H2,(H,17,18,19). The summed E-state index contributed by atoms with van der Waals surface area (Å²) in [6.45, 7) is 0. The summed E-state index contributed by atoms with van der Waals surface area (Å²) in [6, 6.07) is 6.58. The summed E-state index contributed by atoms with van der Waals surface area (Å²) in [5.74, 6) is 0.290. The van der Waals surface area contributed by atoms with Crippen LogP contribution >= 0.6 is 0 Å². The molecule has 1 aliphatic carbocycles. The molecule has 3 rings (SSSR count). The molecular formula is C15H15FN2O. The van der Waals surface area contributed by atoms with Gasteiger partial charge in [0.25, 0.3) is 5.56 Å². The van der Waals surface area contributed by atoms with Crippen molar-refractivity contribution in [1.82, 2.24) is 9.97 Å². The van der Waals surface area contributed by atoms with E-state index in [2.05, 4.69) is 9.97 Å². The molecule has 98 valence electrons. The maximum atomic E-state index is 13.6. The highest BCUT2D eigenvalue weighted by atomic mass is 19.1. The fourth-order valence-corrected chi connectivity index (χ4v) is 2.56. The van der Waals surface area contributed by atoms with E-state index in [-0.39, 0.29) is 11.4 Å². The van der Waals surface area contributed by atoms with Crippen LogP contribution in [-0.4, -0.2) is 9.97 Å². The fourth-order valence-electron chi connectivity index (χ4n) is 2.56. The smallest absolute Gasteiger partial charge is 0.254 e. The molecule has 0 saturated carbocycles. The lowest BCUT2D eigenvalue weighted by Gasteiger charge is -2.14. The van der Waals surface area contributed by atoms with Gasteiger partial charge < -0.3 is 4.98 Å². The van der Waals surface area contributed by atoms with E-state index < -0.39 is 0 Å². The van der Waals surface area contributed by atoms with Gasteiger partial charge >= 0.3 is 0 Å². The Labute approximate surface area is 110 Å². The molecule has 3 nitrogen and oxygen atoms in total. The third-order valence-electron chi connectivity index (χ3n) is 3.56. The molecule has 1 aromatic heterocycles. The molecule has 1 N–H and O–H groups in total. The van der Waals surface area contributed by atoms with Crippen molar-refractivity contribution in [3.63, 3.8) is 0 Å². The molecule has 0 amide bonds. The highest BCUT2D eigenvalue weighted by molar-refractivity contribution is 5.24. The fraction of sp³-hybridized carbons (Fsp3) is 0.333. The number of hydrogen-bond donors (Lipinski definition) is 1. The average molecular weight is 258 g/mol. The number of aromatic nitrogens is 2. The SMILES string of the molecule is O=c1[nH]c(Cc2ccccc2F)nc2c1CCCC2. The first-order chi connectivity index (χ1) is 9.24. The molecule has 0 fully saturated rings. The van der Waals surface area contributed by atoms with Crippen molar-refractivity contribution in [1.29, 1.82) is 0 Å². The van der Waals surface area contributed by atoms with Gasteiger partial charge in [-0.3, -0.25) is 4.79 Å². The number of halogens is 1. The van der Waals surface area contributed by atoms with Gasteiger partial charge in [0.2, 0.25) is 0 Å². The van der Waals surface area contributed by atoms with Crippen LogP contribution in [0.15, 0.2) is 29.1 Å². The Balaban J connectivity index is 1.96. The summed E-state index contributed by atoms with van der Waals surface area (Å²) in [5, 5.41) is 0. The average Bonchev–Trinajstić information content (AvgIpc) is 2.42. The number of hydrogen-bond acceptors (Lipinski definition) is 2. The normalized spacial score (nSPS) is 14.2. The molecule has 0 aliphatic heterocycles. The zero-order chi connectivity index (χ0) is 13.2. The first-order valence-corrected chi connectivity index (χ1v) is 6.58. The van der Waals surface area contributed by atoms with Gasteiger partial charge in [-0.25, -0.2) is 9.37 Å². The van der Waals surface area contributed by atoms with Crippen molar-refractivity contribution in [3.8, 4) is 0 Å². The lowest BCUT2D eigenvalue weighted by atomic mass is 9.97. The van der Waals surface area contributed by atoms with Gasteiger partial charge in [0.15, 0.2) is 0 Å². The van der Waals surface area contributed by atoms with Crippen molar-refractivity contribution in [2.75, 3.05) is 0 Å². The second-order valence-corrected chi connectivity index (χ2v) is 4.91. The van der Waals surface area contributed by atoms with Gasteiger partial charge in [0.05, 0.1) is 5.69 Å². The maximum absolute atomic E-state index is 13.6. The van der Waals surface area contributed by atoms with Crippen molar-refractivity contribution in [3.05, 3.63) is 63.1 Å². The first kappa shape index (κ1) is 12.1. The van der Waals surface area contributed by atoms with Crippen molar-refractivity contribution in [2.45, 2.75) is 32.1 Å². The van der Waals surface area contributed by atoms with Gasteiger partial charge in [0.1, 0.15) is 11.6 Å². The molecule has 1 aliphatic rings. The van der Waals surface area contributed by atoms with Crippen LogP contribution in [0.25, 0.3) is 0 Å². The third kappa shape index (κ3) is 2.43. The zero-order valence-corrected chi connectivity index (χ0v) is 10.6. The predicted molar refractivity (Wildman–Crippen MR) is 70.7 cm³/mol. The number of H-pyrrole nitrogens is 1. The van der Waals surface area contributed by atoms with Crippen LogP contribution in [0.5, 0.6) is 0 Å². The molecule has 0 atom stereocenters. The van der Waals surface area contributed by atoms with Crippen molar-refractivity contribution >= 4 is 0 Å². The second-order valence-electron chi connectivity index (χ2n) is 4.91. The van der Waals surface area contributed by atoms with E-state index in [0.29, 0.717) is 17.8 Å². The number of nitrogens with zero attached hydrogens (tertiary/aromatic N) is 1. The zero-order valence-electron chi connectivity index (χ0n) is 10.6. The van der Waals surface area contributed by atoms with Crippen molar-refractivity contribution in [2.24, 2.45) is 0 Å². The van der Waals surface area contributed by atoms with E-state index in [1.165, 1.54) is 6.07 Å². The Morgan fingerprint density at radius 2 is 2.00 bits per heavy atom. The van der Waals surface area contributed by atoms with Gasteiger partial charge in [-0.1, -0.05) is 18.2 Å². The molecular weight excluding hydrogens is 243 g/mol. The molecule has 0 radical (unpaired) electrons. The van der Waals surface area contributed by atoms with E-state index in [1.54, 1.807) is 18.2 Å². The lowest BCUT2D eigenvalue weighted by molar-refractivity contribution is 0.609. The van der Waals surface area contributed by atoms with E-state index in [9.17, 15) is 9.18 Å². The Kier molecular flexibility index (Phi) is 3.15. The van der Waals surface area contributed by atoms with Crippen LogP contribution < -0.4 is 5.56 Å². The summed E-state index contributed by atoms with van der Waals surface area (Å²) in [4.78, 5) is 19.2. The van der Waals surface area contributed by atoms with Gasteiger partial charge in [-0.2, -0.15) is 0 Å². The second kappa shape index (κ2) is 4.96. The summed E-state index contributed by atoms with van der Waals surface area (Å²) in [7, 11) is 0. The molecule has 0 spiro atoms. The molecule has 1 aromatic carbocycles. The largest absolute Gasteiger partial charge is 0.310 e. The Morgan fingerprint density at radius 3 is 2.84 bits per heavy atom. The monoisotopic (exact) mass is 258 g/mol. The molecule has 2 aromatic rings. The lowest BCUT2D eigenvalue weighted by Crippen LogP contribution is -2.23. The first-order valence-electron chi connectivity index (χ1n) is 6.58. The minimum Gasteiger partial charge on any atom is -0.310 e. The van der Waals surface area contributed by atoms with Crippen LogP contribution in [0.1, 0.15) is 35.5 Å². The van der Waals surface area contributed by atoms with Crippen LogP contribution in [-0.2, 0) is 19.3 Å². The van der Waals surface area contributed by atoms with Crippen LogP contribution in [0.2, 0.25) is 0 Å². The van der Waals surface area contributed by atoms with Crippen LogP contribution in [0, 0.1) is 5.82 Å². The summed E-state index contributed by atoms with van der Waals surface area (Å²) < 4.78 is 13.6. The Hall–Kier alpha value is -1.97. The van der Waals surface area contributed by atoms with Crippen molar-refractivity contribution < 1.29 is 4.39 Å². The van der Waals surface area contributed by atoms with E-state index in [1.807, 2.05) is 0 Å². The van der Waals surface area contributed by atoms with E-state index >= 15 is 0 Å². The molecule has 4 heteroatoms. The molecule has 0 saturated heterocycles. The number of fused-ring (bicyclic) bond motifs is 1. The number of aromatic amines is 1. The number of benzene rings is 1. The molecule has 0 unspecified atom stereocenters. The summed E-state index contributed by atoms with van der Waals surface area (Å²) in [6.07, 6.45) is 4.10. The predicted octanol–water partition coefficient (Wildman–Crippen LogP) is 2.38. The third-order valence-corrected chi connectivity index (χ3v) is 3.56. The highest BCUT2D eigenvalue weighted by Gasteiger charge is 2.15. The van der Waals surface area contributed by atoms with E-state index in [0.717, 1.165) is 36.9 Å². The minimum atomic E-state index is -0.261. The summed E-state index contributed by atoms with van der Waals surface area (Å²) >= 11 is 0. The van der Waals surface area contributed by atoms with Gasteiger partial charge in [-0.05, 0) is 37.3 Å². The molecule has 0 bridgehead atoms. The minimum absolute atomic E-state index is 0.0592. The quantitative estimate of drug-likeness (QED) is 0.899. The van der Waals surface area contributed by atoms with E-state index in [4.69, 9.17) is 0 Å². The Morgan fingerprint density at radius 1 is 1.21 bits per heavy atom. The Bertz CT molecular complexity index is 663. The molecule has 1 heterocycles. The summed E-state index contributed by atoms with van der Waals surface area (Å²) in [5.41, 5.74) is 2.20. The van der Waals surface area contributed by atoms with Gasteiger partial charge in [0, 0.05) is 12.0 Å². The van der Waals surface area contributed by atoms with Gasteiger partial charge in [-0.15, -0.1) is 0 Å². The number of aryl methyl sites for hydroxylation is 1. The maximum Gasteiger partial charge on any atom is 0.254 e. The number of nitrogens with one attached hydrogen (secondary N) is 1. The van der Waals surface area contributed by atoms with Crippen LogP contribution in [0.4, 0.5) is 4.39 Å². The topological polar surface area (TPSA) is 45.8 Å². The number of rotatable bonds is 2. The van der Waals surface area contributed by atoms with Crippen LogP contribution in [0.3, 0.4) is 0 Å².